The number of carbonyl (C=O) groups excluding carboxylic acids is 1. The van der Waals surface area contributed by atoms with Crippen LogP contribution in [0, 0.1) is 0 Å². The van der Waals surface area contributed by atoms with E-state index in [1.165, 1.54) is 17.7 Å². The van der Waals surface area contributed by atoms with Crippen LogP contribution in [0.4, 0.5) is 4.79 Å². The number of hydrogen-bond donors (Lipinski definition) is 2. The van der Waals surface area contributed by atoms with Crippen LogP contribution >= 0.6 is 0 Å². The Balaban J connectivity index is 1.86. The summed E-state index contributed by atoms with van der Waals surface area (Å²) in [5, 5.41) is 12.2. The van der Waals surface area contributed by atoms with E-state index in [-0.39, 0.29) is 6.03 Å². The second kappa shape index (κ2) is 7.64. The summed E-state index contributed by atoms with van der Waals surface area (Å²) < 4.78 is 0. The third kappa shape index (κ3) is 4.33. The van der Waals surface area contributed by atoms with Crippen molar-refractivity contribution < 1.29 is 14.7 Å². The maximum absolute atomic E-state index is 12.3. The smallest absolute Gasteiger partial charge is 0.326 e. The van der Waals surface area contributed by atoms with Crippen molar-refractivity contribution in [1.29, 1.82) is 0 Å². The second-order valence-electron chi connectivity index (χ2n) is 6.17. The molecule has 6 nitrogen and oxygen atoms in total. The van der Waals surface area contributed by atoms with Gasteiger partial charge in [-0.25, -0.2) is 9.59 Å². The first kappa shape index (κ1) is 16.1. The Morgan fingerprint density at radius 1 is 1.14 bits per heavy atom. The van der Waals surface area contributed by atoms with Gasteiger partial charge < -0.3 is 15.3 Å². The molecule has 0 saturated carbocycles. The summed E-state index contributed by atoms with van der Waals surface area (Å²) >= 11 is 0. The number of rotatable bonds is 4. The van der Waals surface area contributed by atoms with Gasteiger partial charge in [0.15, 0.2) is 0 Å². The maximum Gasteiger partial charge on any atom is 0.326 e. The third-order valence-electron chi connectivity index (χ3n) is 4.61. The molecule has 0 aromatic carbocycles. The van der Waals surface area contributed by atoms with Crippen molar-refractivity contribution in [1.82, 2.24) is 15.1 Å². The van der Waals surface area contributed by atoms with Crippen LogP contribution in [-0.2, 0) is 4.79 Å². The lowest BCUT2D eigenvalue weighted by atomic mass is 10.1. The van der Waals surface area contributed by atoms with Crippen molar-refractivity contribution in [2.75, 3.05) is 26.2 Å². The molecule has 2 aliphatic heterocycles. The largest absolute Gasteiger partial charge is 0.480 e. The summed E-state index contributed by atoms with van der Waals surface area (Å²) in [6.45, 7) is 5.43. The number of amides is 2. The minimum atomic E-state index is -0.889. The number of carboxylic acid groups (broad SMARTS) is 1. The highest BCUT2D eigenvalue weighted by Gasteiger charge is 2.31. The van der Waals surface area contributed by atoms with E-state index < -0.39 is 12.0 Å². The molecule has 0 aliphatic carbocycles. The fourth-order valence-electron chi connectivity index (χ4n) is 3.26. The maximum atomic E-state index is 12.3. The number of hydrogen-bond acceptors (Lipinski definition) is 3. The van der Waals surface area contributed by atoms with Gasteiger partial charge in [-0.3, -0.25) is 4.90 Å². The number of likely N-dealkylation sites (tertiary alicyclic amines) is 2. The minimum absolute atomic E-state index is 0.227. The fraction of sp³-hybridized carbons (Fsp3) is 0.867. The fourth-order valence-corrected chi connectivity index (χ4v) is 3.26. The van der Waals surface area contributed by atoms with Crippen LogP contribution in [0.1, 0.15) is 45.4 Å². The molecule has 0 bridgehead atoms. The van der Waals surface area contributed by atoms with E-state index in [4.69, 9.17) is 0 Å². The second-order valence-corrected chi connectivity index (χ2v) is 6.17. The van der Waals surface area contributed by atoms with Gasteiger partial charge in [0.2, 0.25) is 0 Å². The van der Waals surface area contributed by atoms with Crippen molar-refractivity contribution in [2.45, 2.75) is 57.5 Å². The van der Waals surface area contributed by atoms with Gasteiger partial charge in [0.25, 0.3) is 0 Å². The Morgan fingerprint density at radius 2 is 1.81 bits per heavy atom. The van der Waals surface area contributed by atoms with E-state index in [0.717, 1.165) is 32.4 Å². The van der Waals surface area contributed by atoms with Crippen LogP contribution in [-0.4, -0.2) is 65.2 Å². The van der Waals surface area contributed by atoms with Crippen molar-refractivity contribution in [3.8, 4) is 0 Å². The molecule has 2 unspecified atom stereocenters. The van der Waals surface area contributed by atoms with E-state index in [1.54, 1.807) is 0 Å². The Kier molecular flexibility index (Phi) is 5.85. The molecule has 6 heteroatoms. The number of nitrogens with one attached hydrogen (secondary N) is 1. The molecule has 0 aromatic heterocycles. The summed E-state index contributed by atoms with van der Waals surface area (Å²) in [6.07, 6.45) is 5.78. The summed E-state index contributed by atoms with van der Waals surface area (Å²) in [6, 6.07) is -0.586. The van der Waals surface area contributed by atoms with Gasteiger partial charge in [0, 0.05) is 19.1 Å². The zero-order valence-corrected chi connectivity index (χ0v) is 12.9. The quantitative estimate of drug-likeness (QED) is 0.825. The van der Waals surface area contributed by atoms with Crippen LogP contribution in [0.3, 0.4) is 0 Å². The van der Waals surface area contributed by atoms with Gasteiger partial charge in [-0.2, -0.15) is 0 Å². The monoisotopic (exact) mass is 297 g/mol. The molecular formula is C15H27N3O3. The van der Waals surface area contributed by atoms with Crippen LogP contribution in [0.15, 0.2) is 0 Å². The van der Waals surface area contributed by atoms with Crippen LogP contribution < -0.4 is 5.32 Å². The molecule has 2 rings (SSSR count). The lowest BCUT2D eigenvalue weighted by Gasteiger charge is -2.29. The van der Waals surface area contributed by atoms with E-state index in [9.17, 15) is 14.7 Å². The van der Waals surface area contributed by atoms with Gasteiger partial charge in [-0.05, 0) is 45.7 Å². The molecule has 2 heterocycles. The first-order valence-corrected chi connectivity index (χ1v) is 8.11. The number of carbonyl (C=O) groups is 2. The van der Waals surface area contributed by atoms with Crippen LogP contribution in [0.5, 0.6) is 0 Å². The molecule has 2 atom stereocenters. The predicted octanol–water partition coefficient (Wildman–Crippen LogP) is 1.51. The predicted molar refractivity (Wildman–Crippen MR) is 80.3 cm³/mol. The average molecular weight is 297 g/mol. The van der Waals surface area contributed by atoms with Crippen molar-refractivity contribution >= 4 is 12.0 Å². The molecule has 2 N–H and O–H groups in total. The zero-order chi connectivity index (χ0) is 15.2. The van der Waals surface area contributed by atoms with Gasteiger partial charge in [0.05, 0.1) is 0 Å². The highest BCUT2D eigenvalue weighted by molar-refractivity contribution is 5.82. The molecule has 120 valence electrons. The van der Waals surface area contributed by atoms with Crippen LogP contribution in [0.25, 0.3) is 0 Å². The van der Waals surface area contributed by atoms with E-state index in [0.29, 0.717) is 25.6 Å². The van der Waals surface area contributed by atoms with Crippen molar-refractivity contribution in [2.24, 2.45) is 0 Å². The van der Waals surface area contributed by atoms with E-state index in [2.05, 4.69) is 17.1 Å². The first-order chi connectivity index (χ1) is 10.1. The molecule has 2 aliphatic rings. The molecule has 21 heavy (non-hydrogen) atoms. The minimum Gasteiger partial charge on any atom is -0.480 e. The van der Waals surface area contributed by atoms with Gasteiger partial charge in [-0.1, -0.05) is 12.8 Å². The number of nitrogens with zero attached hydrogens (tertiary/aromatic N) is 2. The molecule has 2 saturated heterocycles. The lowest BCUT2D eigenvalue weighted by Crippen LogP contribution is -2.51. The summed E-state index contributed by atoms with van der Waals surface area (Å²) in [5.74, 6) is -0.889. The SMILES string of the molecule is CC(CNC(=O)N1CCCCCC1C(=O)O)N1CCCC1. The van der Waals surface area contributed by atoms with Gasteiger partial charge in [0.1, 0.15) is 6.04 Å². The first-order valence-electron chi connectivity index (χ1n) is 8.11. The summed E-state index contributed by atoms with van der Waals surface area (Å²) in [7, 11) is 0. The molecule has 0 spiro atoms. The average Bonchev–Trinajstić information content (AvgIpc) is 2.88. The highest BCUT2D eigenvalue weighted by atomic mass is 16.4. The Bertz CT molecular complexity index is 369. The van der Waals surface area contributed by atoms with E-state index >= 15 is 0 Å². The third-order valence-corrected chi connectivity index (χ3v) is 4.61. The molecule has 0 aromatic rings. The topological polar surface area (TPSA) is 72.9 Å². The van der Waals surface area contributed by atoms with Crippen LogP contribution in [0.2, 0.25) is 0 Å². The zero-order valence-electron chi connectivity index (χ0n) is 12.9. The normalized spacial score (nSPS) is 25.4. The molecular weight excluding hydrogens is 270 g/mol. The standard InChI is InChI=1S/C15H27N3O3/c1-12(17-8-5-6-9-17)11-16-15(21)18-10-4-2-3-7-13(18)14(19)20/h12-13H,2-11H2,1H3,(H,16,21)(H,19,20). The molecule has 2 fully saturated rings. The van der Waals surface area contributed by atoms with Gasteiger partial charge in [-0.15, -0.1) is 0 Å². The molecule has 2 amide bonds. The van der Waals surface area contributed by atoms with Gasteiger partial charge >= 0.3 is 12.0 Å². The number of urea groups is 1. The van der Waals surface area contributed by atoms with Crippen molar-refractivity contribution in [3.63, 3.8) is 0 Å². The van der Waals surface area contributed by atoms with E-state index in [1.807, 2.05) is 0 Å². The molecule has 0 radical (unpaired) electrons. The Hall–Kier alpha value is -1.30. The number of aliphatic carboxylic acids is 1. The highest BCUT2D eigenvalue weighted by Crippen LogP contribution is 2.17. The summed E-state index contributed by atoms with van der Waals surface area (Å²) in [5.41, 5.74) is 0. The lowest BCUT2D eigenvalue weighted by molar-refractivity contribution is -0.142. The van der Waals surface area contributed by atoms with Crippen molar-refractivity contribution in [3.05, 3.63) is 0 Å². The Morgan fingerprint density at radius 3 is 2.48 bits per heavy atom. The summed E-state index contributed by atoms with van der Waals surface area (Å²) in [4.78, 5) is 27.5. The number of carboxylic acids is 1. The Labute approximate surface area is 126 Å².